The van der Waals surface area contributed by atoms with Gasteiger partial charge in [-0.25, -0.2) is 0 Å². The summed E-state index contributed by atoms with van der Waals surface area (Å²) >= 11 is 0. The highest BCUT2D eigenvalue weighted by molar-refractivity contribution is 5.73. The molecule has 30 heavy (non-hydrogen) atoms. The molecule has 0 atom stereocenters. The Bertz CT molecular complexity index is 896. The third-order valence-electron chi connectivity index (χ3n) is 5.35. The highest BCUT2D eigenvalue weighted by atomic mass is 14.9. The maximum absolute atomic E-state index is 4.30. The Morgan fingerprint density at radius 3 is 1.97 bits per heavy atom. The number of allylic oxidation sites excluding steroid dienone is 3. The van der Waals surface area contributed by atoms with Gasteiger partial charge < -0.3 is 21.3 Å². The Morgan fingerprint density at radius 1 is 0.767 bits per heavy atom. The third kappa shape index (κ3) is 6.45. The monoisotopic (exact) mass is 404 g/mol. The Balaban J connectivity index is 1.94. The fourth-order valence-corrected chi connectivity index (χ4v) is 3.46. The number of hydrogen-bond acceptors (Lipinski definition) is 4. The molecule has 4 heteroatoms. The van der Waals surface area contributed by atoms with Crippen LogP contribution in [-0.2, 0) is 6.42 Å². The van der Waals surface area contributed by atoms with Gasteiger partial charge in [0, 0.05) is 28.2 Å². The lowest BCUT2D eigenvalue weighted by Gasteiger charge is -2.12. The Hall–Kier alpha value is -3.14. The van der Waals surface area contributed by atoms with Crippen molar-refractivity contribution in [3.8, 4) is 0 Å². The van der Waals surface area contributed by atoms with E-state index >= 15 is 0 Å². The second-order valence-electron chi connectivity index (χ2n) is 7.36. The van der Waals surface area contributed by atoms with Gasteiger partial charge in [0.15, 0.2) is 0 Å². The zero-order valence-corrected chi connectivity index (χ0v) is 18.9. The fourth-order valence-electron chi connectivity index (χ4n) is 3.46. The van der Waals surface area contributed by atoms with Crippen molar-refractivity contribution in [2.45, 2.75) is 25.7 Å². The first-order valence-corrected chi connectivity index (χ1v) is 10.5. The molecule has 160 valence electrons. The minimum absolute atomic E-state index is 0.950. The Morgan fingerprint density at radius 2 is 1.37 bits per heavy atom. The van der Waals surface area contributed by atoms with E-state index < -0.39 is 0 Å². The van der Waals surface area contributed by atoms with Crippen LogP contribution in [0.5, 0.6) is 0 Å². The molecule has 0 aliphatic rings. The molecule has 0 aromatic heterocycles. The van der Waals surface area contributed by atoms with Gasteiger partial charge in [-0.3, -0.25) is 0 Å². The largest absolute Gasteiger partial charge is 0.386 e. The first kappa shape index (κ1) is 23.1. The van der Waals surface area contributed by atoms with Crippen LogP contribution in [0.4, 0.5) is 22.7 Å². The van der Waals surface area contributed by atoms with Crippen molar-refractivity contribution in [3.63, 3.8) is 0 Å². The van der Waals surface area contributed by atoms with Crippen molar-refractivity contribution in [3.05, 3.63) is 77.9 Å². The quantitative estimate of drug-likeness (QED) is 0.244. The van der Waals surface area contributed by atoms with Crippen LogP contribution in [0.25, 0.3) is 6.08 Å². The average Bonchev–Trinajstić information content (AvgIpc) is 2.79. The Labute approximate surface area is 182 Å². The van der Waals surface area contributed by atoms with Crippen LogP contribution in [0.1, 0.15) is 30.4 Å². The summed E-state index contributed by atoms with van der Waals surface area (Å²) in [6.45, 7) is 8.30. The van der Waals surface area contributed by atoms with Crippen LogP contribution in [0.2, 0.25) is 0 Å². The van der Waals surface area contributed by atoms with Crippen LogP contribution in [-0.4, -0.2) is 28.2 Å². The van der Waals surface area contributed by atoms with Gasteiger partial charge in [-0.15, -0.1) is 0 Å². The summed E-state index contributed by atoms with van der Waals surface area (Å²) in [7, 11) is 7.76. The van der Waals surface area contributed by atoms with E-state index in [1.54, 1.807) is 0 Å². The lowest BCUT2D eigenvalue weighted by atomic mass is 9.98. The minimum atomic E-state index is 0.950. The molecule has 0 fully saturated rings. The number of rotatable bonds is 12. The SMILES string of the molecule is C=C/C(=C/c1ccc(NC)c(NC)c1)CCC(=C)CCc1ccc(NC)c(NC)c1. The predicted molar refractivity (Wildman–Crippen MR) is 136 cm³/mol. The van der Waals surface area contributed by atoms with Crippen molar-refractivity contribution in [2.75, 3.05) is 49.5 Å². The fraction of sp³-hybridized carbons (Fsp3) is 0.308. The highest BCUT2D eigenvalue weighted by Gasteiger charge is 2.04. The molecular formula is C26H36N4. The van der Waals surface area contributed by atoms with E-state index in [2.05, 4.69) is 76.9 Å². The maximum Gasteiger partial charge on any atom is 0.0579 e. The van der Waals surface area contributed by atoms with E-state index in [4.69, 9.17) is 0 Å². The highest BCUT2D eigenvalue weighted by Crippen LogP contribution is 2.26. The van der Waals surface area contributed by atoms with Crippen LogP contribution in [0.3, 0.4) is 0 Å². The number of benzene rings is 2. The van der Waals surface area contributed by atoms with Crippen molar-refractivity contribution < 1.29 is 0 Å². The lowest BCUT2D eigenvalue weighted by Crippen LogP contribution is -1.98. The van der Waals surface area contributed by atoms with Crippen LogP contribution >= 0.6 is 0 Å². The predicted octanol–water partition coefficient (Wildman–Crippen LogP) is 6.39. The van der Waals surface area contributed by atoms with E-state index in [9.17, 15) is 0 Å². The normalized spacial score (nSPS) is 11.0. The van der Waals surface area contributed by atoms with E-state index in [-0.39, 0.29) is 0 Å². The number of aryl methyl sites for hydroxylation is 1. The summed E-state index contributed by atoms with van der Waals surface area (Å²) < 4.78 is 0. The molecule has 4 N–H and O–H groups in total. The molecule has 2 rings (SSSR count). The van der Waals surface area contributed by atoms with E-state index in [0.717, 1.165) is 48.4 Å². The molecule has 0 saturated carbocycles. The Kier molecular flexibility index (Phi) is 9.07. The second-order valence-corrected chi connectivity index (χ2v) is 7.36. The van der Waals surface area contributed by atoms with Gasteiger partial charge in [-0.05, 0) is 66.6 Å². The summed E-state index contributed by atoms with van der Waals surface area (Å²) in [5.74, 6) is 0. The standard InChI is InChI=1S/C26H36N4/c1-7-20(16-22-13-15-24(28-4)26(18-22)30-6)10-8-19(2)9-11-21-12-14-23(27-3)25(17-21)29-5/h7,12-18,27-30H,1-2,8-11H2,3-6H3/b20-16-. The number of nitrogens with one attached hydrogen (secondary N) is 4. The molecule has 0 radical (unpaired) electrons. The third-order valence-corrected chi connectivity index (χ3v) is 5.35. The van der Waals surface area contributed by atoms with Gasteiger partial charge in [0.2, 0.25) is 0 Å². The van der Waals surface area contributed by atoms with Crippen molar-refractivity contribution in [1.82, 2.24) is 0 Å². The van der Waals surface area contributed by atoms with E-state index in [1.807, 2.05) is 34.3 Å². The number of anilines is 4. The topological polar surface area (TPSA) is 48.1 Å². The summed E-state index contributed by atoms with van der Waals surface area (Å²) in [5.41, 5.74) is 9.41. The first-order chi connectivity index (χ1) is 14.5. The molecule has 2 aromatic rings. The molecule has 0 heterocycles. The van der Waals surface area contributed by atoms with Gasteiger partial charge >= 0.3 is 0 Å². The molecule has 0 amide bonds. The molecule has 4 nitrogen and oxygen atoms in total. The summed E-state index contributed by atoms with van der Waals surface area (Å²) in [5, 5.41) is 12.9. The van der Waals surface area contributed by atoms with Crippen LogP contribution in [0, 0.1) is 0 Å². The molecule has 0 spiro atoms. The molecule has 0 unspecified atom stereocenters. The van der Waals surface area contributed by atoms with Crippen molar-refractivity contribution in [2.24, 2.45) is 0 Å². The van der Waals surface area contributed by atoms with Crippen LogP contribution in [0.15, 0.2) is 66.8 Å². The molecule has 2 aromatic carbocycles. The van der Waals surface area contributed by atoms with Gasteiger partial charge in [-0.2, -0.15) is 0 Å². The van der Waals surface area contributed by atoms with Crippen molar-refractivity contribution in [1.29, 1.82) is 0 Å². The smallest absolute Gasteiger partial charge is 0.0579 e. The summed E-state index contributed by atoms with van der Waals surface area (Å²) in [6, 6.07) is 12.9. The lowest BCUT2D eigenvalue weighted by molar-refractivity contribution is 0.844. The summed E-state index contributed by atoms with van der Waals surface area (Å²) in [4.78, 5) is 0. The van der Waals surface area contributed by atoms with Crippen molar-refractivity contribution >= 4 is 28.8 Å². The van der Waals surface area contributed by atoms with E-state index in [1.165, 1.54) is 22.3 Å². The molecular weight excluding hydrogens is 368 g/mol. The van der Waals surface area contributed by atoms with Crippen LogP contribution < -0.4 is 21.3 Å². The molecule has 0 aliphatic carbocycles. The maximum atomic E-state index is 4.30. The minimum Gasteiger partial charge on any atom is -0.386 e. The second kappa shape index (κ2) is 11.8. The zero-order valence-electron chi connectivity index (χ0n) is 18.9. The summed E-state index contributed by atoms with van der Waals surface area (Å²) in [6.07, 6.45) is 8.07. The molecule has 0 saturated heterocycles. The van der Waals surface area contributed by atoms with E-state index in [0.29, 0.717) is 0 Å². The molecule has 0 bridgehead atoms. The van der Waals surface area contributed by atoms with Gasteiger partial charge in [0.25, 0.3) is 0 Å². The molecule has 0 aliphatic heterocycles. The first-order valence-electron chi connectivity index (χ1n) is 10.5. The average molecular weight is 405 g/mol. The van der Waals surface area contributed by atoms with Gasteiger partial charge in [0.05, 0.1) is 22.7 Å². The number of hydrogen-bond donors (Lipinski definition) is 4. The van der Waals surface area contributed by atoms with Gasteiger partial charge in [-0.1, -0.05) is 43.0 Å². The van der Waals surface area contributed by atoms with Gasteiger partial charge in [0.1, 0.15) is 0 Å². The zero-order chi connectivity index (χ0) is 21.9.